The molecule has 0 spiro atoms. The maximum atomic E-state index is 11.5. The van der Waals surface area contributed by atoms with Crippen LogP contribution in [0, 0.1) is 6.92 Å². The zero-order chi connectivity index (χ0) is 13.2. The monoisotopic (exact) mass is 258 g/mol. The lowest BCUT2D eigenvalue weighted by Crippen LogP contribution is -2.27. The van der Waals surface area contributed by atoms with Crippen LogP contribution in [0.1, 0.15) is 36.3 Å². The molecule has 0 unspecified atom stereocenters. The summed E-state index contributed by atoms with van der Waals surface area (Å²) in [7, 11) is 0. The van der Waals surface area contributed by atoms with Gasteiger partial charge in [-0.2, -0.15) is 0 Å². The van der Waals surface area contributed by atoms with Gasteiger partial charge in [-0.1, -0.05) is 0 Å². The standard InChI is InChI=1S/C10H14N2O4S/c1-5-11-6(8(13)14)7(17-5)12-9(15)16-10(2,3)4/h1-4H3,(H,12,15)(H,13,14). The van der Waals surface area contributed by atoms with Crippen LogP contribution >= 0.6 is 11.3 Å². The smallest absolute Gasteiger partial charge is 0.412 e. The number of aromatic carboxylic acids is 1. The van der Waals surface area contributed by atoms with Gasteiger partial charge in [0.05, 0.1) is 5.01 Å². The van der Waals surface area contributed by atoms with Gasteiger partial charge < -0.3 is 9.84 Å². The first-order chi connectivity index (χ1) is 7.69. The SMILES string of the molecule is Cc1nc(C(=O)O)c(NC(=O)OC(C)(C)C)s1. The van der Waals surface area contributed by atoms with Gasteiger partial charge in [-0.05, 0) is 27.7 Å². The summed E-state index contributed by atoms with van der Waals surface area (Å²) < 4.78 is 5.02. The van der Waals surface area contributed by atoms with Crippen molar-refractivity contribution < 1.29 is 19.4 Å². The Balaban J connectivity index is 2.81. The Kier molecular flexibility index (Phi) is 3.72. The molecule has 6 nitrogen and oxygen atoms in total. The summed E-state index contributed by atoms with van der Waals surface area (Å²) in [4.78, 5) is 26.1. The van der Waals surface area contributed by atoms with Crippen LogP contribution in [-0.4, -0.2) is 27.8 Å². The predicted molar refractivity (Wildman–Crippen MR) is 63.7 cm³/mol. The quantitative estimate of drug-likeness (QED) is 0.850. The van der Waals surface area contributed by atoms with E-state index in [0.717, 1.165) is 11.3 Å². The molecule has 0 aliphatic heterocycles. The number of carboxylic acids is 1. The van der Waals surface area contributed by atoms with Gasteiger partial charge in [0.15, 0.2) is 5.69 Å². The third-order valence-electron chi connectivity index (χ3n) is 1.55. The normalized spacial score (nSPS) is 11.1. The summed E-state index contributed by atoms with van der Waals surface area (Å²) in [5.41, 5.74) is -0.800. The molecule has 0 atom stereocenters. The number of thiazole rings is 1. The summed E-state index contributed by atoms with van der Waals surface area (Å²) in [5.74, 6) is -1.18. The zero-order valence-corrected chi connectivity index (χ0v) is 10.8. The van der Waals surface area contributed by atoms with Crippen LogP contribution in [0.25, 0.3) is 0 Å². The van der Waals surface area contributed by atoms with Crippen molar-refractivity contribution in [2.75, 3.05) is 5.32 Å². The second-order valence-electron chi connectivity index (χ2n) is 4.34. The van der Waals surface area contributed by atoms with Gasteiger partial charge in [-0.15, -0.1) is 11.3 Å². The molecule has 0 aliphatic rings. The zero-order valence-electron chi connectivity index (χ0n) is 10.0. The van der Waals surface area contributed by atoms with Crippen LogP contribution in [0.5, 0.6) is 0 Å². The Bertz CT molecular complexity index is 448. The molecule has 2 N–H and O–H groups in total. The van der Waals surface area contributed by atoms with Crippen LogP contribution < -0.4 is 5.32 Å². The Morgan fingerprint density at radius 2 is 2.00 bits per heavy atom. The Morgan fingerprint density at radius 1 is 1.41 bits per heavy atom. The van der Waals surface area contributed by atoms with Crippen LogP contribution in [0.2, 0.25) is 0 Å². The van der Waals surface area contributed by atoms with Gasteiger partial charge in [0.25, 0.3) is 0 Å². The number of carboxylic acid groups (broad SMARTS) is 1. The highest BCUT2D eigenvalue weighted by atomic mass is 32.1. The fourth-order valence-electron chi connectivity index (χ4n) is 1.05. The molecule has 0 saturated heterocycles. The van der Waals surface area contributed by atoms with Crippen molar-refractivity contribution in [3.63, 3.8) is 0 Å². The van der Waals surface area contributed by atoms with Crippen molar-refractivity contribution in [2.24, 2.45) is 0 Å². The highest BCUT2D eigenvalue weighted by Gasteiger charge is 2.21. The molecule has 0 saturated carbocycles. The number of amides is 1. The summed E-state index contributed by atoms with van der Waals surface area (Å²) in [6.45, 7) is 6.84. The summed E-state index contributed by atoms with van der Waals surface area (Å²) in [6, 6.07) is 0. The number of carbonyl (C=O) groups is 2. The molecule has 1 amide bonds. The number of hydrogen-bond donors (Lipinski definition) is 2. The lowest BCUT2D eigenvalue weighted by molar-refractivity contribution is 0.0636. The van der Waals surface area contributed by atoms with E-state index >= 15 is 0 Å². The molecular formula is C10H14N2O4S. The molecule has 94 valence electrons. The summed E-state index contributed by atoms with van der Waals surface area (Å²) in [6.07, 6.45) is -0.691. The summed E-state index contributed by atoms with van der Waals surface area (Å²) in [5, 5.41) is 12.0. The molecule has 7 heteroatoms. The first-order valence-electron chi connectivity index (χ1n) is 4.90. The second-order valence-corrected chi connectivity index (χ2v) is 5.55. The van der Waals surface area contributed by atoms with Gasteiger partial charge in [-0.3, -0.25) is 5.32 Å². The number of nitrogens with one attached hydrogen (secondary N) is 1. The summed E-state index contributed by atoms with van der Waals surface area (Å²) >= 11 is 1.09. The van der Waals surface area contributed by atoms with E-state index in [0.29, 0.717) is 5.01 Å². The first kappa shape index (κ1) is 13.4. The van der Waals surface area contributed by atoms with E-state index in [1.165, 1.54) is 0 Å². The number of aromatic nitrogens is 1. The third kappa shape index (κ3) is 4.03. The first-order valence-corrected chi connectivity index (χ1v) is 5.71. The van der Waals surface area contributed by atoms with E-state index in [1.807, 2.05) is 0 Å². The number of rotatable bonds is 2. The van der Waals surface area contributed by atoms with Gasteiger partial charge in [0.1, 0.15) is 10.6 Å². The Hall–Kier alpha value is -1.63. The fraction of sp³-hybridized carbons (Fsp3) is 0.500. The highest BCUT2D eigenvalue weighted by molar-refractivity contribution is 7.16. The Labute approximate surface area is 103 Å². The van der Waals surface area contributed by atoms with Gasteiger partial charge in [0.2, 0.25) is 0 Å². The minimum Gasteiger partial charge on any atom is -0.476 e. The van der Waals surface area contributed by atoms with Crippen molar-refractivity contribution in [3.8, 4) is 0 Å². The largest absolute Gasteiger partial charge is 0.476 e. The fourth-order valence-corrected chi connectivity index (χ4v) is 1.85. The van der Waals surface area contributed by atoms with E-state index in [4.69, 9.17) is 9.84 Å². The van der Waals surface area contributed by atoms with Crippen LogP contribution in [0.3, 0.4) is 0 Å². The molecule has 0 aromatic carbocycles. The van der Waals surface area contributed by atoms with E-state index in [9.17, 15) is 9.59 Å². The lowest BCUT2D eigenvalue weighted by Gasteiger charge is -2.19. The second kappa shape index (κ2) is 4.70. The maximum Gasteiger partial charge on any atom is 0.412 e. The minimum absolute atomic E-state index is 0.168. The third-order valence-corrected chi connectivity index (χ3v) is 2.44. The topological polar surface area (TPSA) is 88.5 Å². The number of hydrogen-bond acceptors (Lipinski definition) is 5. The van der Waals surface area contributed by atoms with E-state index in [1.54, 1.807) is 27.7 Å². The van der Waals surface area contributed by atoms with Crippen molar-refractivity contribution in [2.45, 2.75) is 33.3 Å². The number of nitrogens with zero attached hydrogens (tertiary/aromatic N) is 1. The molecule has 0 bridgehead atoms. The predicted octanol–water partition coefficient (Wildman–Crippen LogP) is 2.50. The number of ether oxygens (including phenoxy) is 1. The molecule has 1 heterocycles. The van der Waals surface area contributed by atoms with E-state index in [-0.39, 0.29) is 10.7 Å². The average molecular weight is 258 g/mol. The van der Waals surface area contributed by atoms with E-state index < -0.39 is 17.7 Å². The highest BCUT2D eigenvalue weighted by Crippen LogP contribution is 2.24. The Morgan fingerprint density at radius 3 is 2.47 bits per heavy atom. The molecule has 17 heavy (non-hydrogen) atoms. The maximum absolute atomic E-state index is 11.5. The van der Waals surface area contributed by atoms with Crippen LogP contribution in [0.15, 0.2) is 0 Å². The van der Waals surface area contributed by atoms with Gasteiger partial charge in [0, 0.05) is 0 Å². The van der Waals surface area contributed by atoms with Crippen molar-refractivity contribution in [3.05, 3.63) is 10.7 Å². The molecule has 0 fully saturated rings. The number of aryl methyl sites for hydroxylation is 1. The number of carbonyl (C=O) groups excluding carboxylic acids is 1. The van der Waals surface area contributed by atoms with Crippen molar-refractivity contribution in [1.29, 1.82) is 0 Å². The molecule has 1 aromatic heterocycles. The van der Waals surface area contributed by atoms with Crippen molar-refractivity contribution >= 4 is 28.4 Å². The number of anilines is 1. The molecule has 1 rings (SSSR count). The average Bonchev–Trinajstić information content (AvgIpc) is 2.42. The van der Waals surface area contributed by atoms with Crippen LogP contribution in [-0.2, 0) is 4.74 Å². The van der Waals surface area contributed by atoms with Crippen LogP contribution in [0.4, 0.5) is 9.80 Å². The lowest BCUT2D eigenvalue weighted by atomic mass is 10.2. The van der Waals surface area contributed by atoms with Gasteiger partial charge in [-0.25, -0.2) is 14.6 Å². The van der Waals surface area contributed by atoms with Crippen molar-refractivity contribution in [1.82, 2.24) is 4.98 Å². The minimum atomic E-state index is -1.18. The molecule has 0 radical (unpaired) electrons. The molecular weight excluding hydrogens is 244 g/mol. The molecule has 0 aliphatic carbocycles. The molecule has 1 aromatic rings. The van der Waals surface area contributed by atoms with E-state index in [2.05, 4.69) is 10.3 Å². The van der Waals surface area contributed by atoms with Gasteiger partial charge >= 0.3 is 12.1 Å².